The Morgan fingerprint density at radius 3 is 2.57 bits per heavy atom. The Morgan fingerprint density at radius 2 is 2.07 bits per heavy atom. The third kappa shape index (κ3) is 3.03. The molecule has 0 spiro atoms. The van der Waals surface area contributed by atoms with Gasteiger partial charge in [-0.05, 0) is 23.6 Å². The zero-order valence-corrected chi connectivity index (χ0v) is 9.33. The van der Waals surface area contributed by atoms with Crippen LogP contribution in [0.2, 0.25) is 5.02 Å². The molecule has 0 aliphatic rings. The Morgan fingerprint density at radius 1 is 1.50 bits per heavy atom. The van der Waals surface area contributed by atoms with Crippen LogP contribution in [0.15, 0.2) is 24.3 Å². The van der Waals surface area contributed by atoms with Crippen molar-refractivity contribution in [3.8, 4) is 0 Å². The lowest BCUT2D eigenvalue weighted by atomic mass is 10.2. The van der Waals surface area contributed by atoms with E-state index in [9.17, 15) is 9.67 Å². The summed E-state index contributed by atoms with van der Waals surface area (Å²) in [7, 11) is -2.07. The molecule has 0 radical (unpaired) electrons. The molecule has 2 atom stereocenters. The van der Waals surface area contributed by atoms with Crippen LogP contribution in [0.3, 0.4) is 0 Å². The maximum Gasteiger partial charge on any atom is 0.545 e. The van der Waals surface area contributed by atoms with Gasteiger partial charge >= 0.3 is 13.9 Å². The number of aliphatic hydroxyl groups excluding tert-OH is 1. The standard InChI is InChI=1S/C9H11ClO3P/c1-2-13-14(12)9(11)7-3-5-8(10)6-4-7/h3-6,9,11H,2H2,1H3/q+1. The van der Waals surface area contributed by atoms with Crippen LogP contribution in [-0.4, -0.2) is 11.7 Å². The highest BCUT2D eigenvalue weighted by Crippen LogP contribution is 2.39. The zero-order chi connectivity index (χ0) is 10.6. The molecule has 1 N–H and O–H groups in total. The summed E-state index contributed by atoms with van der Waals surface area (Å²) in [4.78, 5) is 0. The second-order valence-corrected chi connectivity index (χ2v) is 4.38. The number of hydrogen-bond donors (Lipinski definition) is 1. The third-order valence-corrected chi connectivity index (χ3v) is 3.09. The lowest BCUT2D eigenvalue weighted by molar-refractivity contribution is 0.225. The van der Waals surface area contributed by atoms with Crippen molar-refractivity contribution in [1.82, 2.24) is 0 Å². The molecule has 1 rings (SSSR count). The van der Waals surface area contributed by atoms with Crippen LogP contribution < -0.4 is 0 Å². The molecule has 0 saturated heterocycles. The minimum atomic E-state index is -2.07. The summed E-state index contributed by atoms with van der Waals surface area (Å²) in [6.45, 7) is 2.04. The van der Waals surface area contributed by atoms with Crippen molar-refractivity contribution in [2.24, 2.45) is 0 Å². The summed E-state index contributed by atoms with van der Waals surface area (Å²) < 4.78 is 16.1. The second-order valence-electron chi connectivity index (χ2n) is 2.63. The molecule has 0 aliphatic heterocycles. The summed E-state index contributed by atoms with van der Waals surface area (Å²) >= 11 is 5.67. The summed E-state index contributed by atoms with van der Waals surface area (Å²) in [6.07, 6.45) is 0. The van der Waals surface area contributed by atoms with Crippen LogP contribution in [-0.2, 0) is 9.09 Å². The largest absolute Gasteiger partial charge is 0.545 e. The van der Waals surface area contributed by atoms with E-state index < -0.39 is 13.9 Å². The normalized spacial score (nSPS) is 13.8. The molecule has 0 aliphatic carbocycles. The fourth-order valence-corrected chi connectivity index (χ4v) is 1.89. The fourth-order valence-electron chi connectivity index (χ4n) is 0.954. The van der Waals surface area contributed by atoms with Crippen molar-refractivity contribution < 1.29 is 14.2 Å². The molecule has 2 unspecified atom stereocenters. The summed E-state index contributed by atoms with van der Waals surface area (Å²) in [5, 5.41) is 10.1. The van der Waals surface area contributed by atoms with Gasteiger partial charge in [-0.1, -0.05) is 23.7 Å². The van der Waals surface area contributed by atoms with Crippen molar-refractivity contribution >= 4 is 19.6 Å². The van der Waals surface area contributed by atoms with E-state index in [1.807, 2.05) is 0 Å². The summed E-state index contributed by atoms with van der Waals surface area (Å²) in [5.41, 5.74) is 0.545. The molecule has 0 bridgehead atoms. The average molecular weight is 234 g/mol. The topological polar surface area (TPSA) is 46.5 Å². The van der Waals surface area contributed by atoms with Crippen LogP contribution in [0.4, 0.5) is 0 Å². The van der Waals surface area contributed by atoms with E-state index in [1.165, 1.54) is 0 Å². The molecule has 14 heavy (non-hydrogen) atoms. The zero-order valence-electron chi connectivity index (χ0n) is 7.68. The van der Waals surface area contributed by atoms with Gasteiger partial charge in [0.2, 0.25) is 0 Å². The van der Waals surface area contributed by atoms with E-state index in [2.05, 4.69) is 0 Å². The second kappa shape index (κ2) is 5.42. The smallest absolute Gasteiger partial charge is 0.345 e. The van der Waals surface area contributed by atoms with Crippen molar-refractivity contribution in [3.63, 3.8) is 0 Å². The minimum absolute atomic E-state index is 0.319. The lowest BCUT2D eigenvalue weighted by Gasteiger charge is -1.99. The van der Waals surface area contributed by atoms with E-state index in [-0.39, 0.29) is 0 Å². The quantitative estimate of drug-likeness (QED) is 0.813. The Bertz CT molecular complexity index is 312. The molecular formula is C9H11ClO3P+. The Hall–Kier alpha value is -0.470. The highest BCUT2D eigenvalue weighted by molar-refractivity contribution is 7.39. The van der Waals surface area contributed by atoms with Crippen molar-refractivity contribution in [2.45, 2.75) is 12.8 Å². The van der Waals surface area contributed by atoms with E-state index in [1.54, 1.807) is 31.2 Å². The highest BCUT2D eigenvalue weighted by Gasteiger charge is 2.31. The highest BCUT2D eigenvalue weighted by atomic mass is 35.5. The van der Waals surface area contributed by atoms with Gasteiger partial charge < -0.3 is 5.11 Å². The number of benzene rings is 1. The van der Waals surface area contributed by atoms with Crippen molar-refractivity contribution in [3.05, 3.63) is 34.9 Å². The number of halogens is 1. The SMILES string of the molecule is CCO[P+](=O)C(O)c1ccc(Cl)cc1. The molecule has 0 fully saturated rings. The fraction of sp³-hybridized carbons (Fsp3) is 0.333. The molecular weight excluding hydrogens is 223 g/mol. The first-order valence-electron chi connectivity index (χ1n) is 4.18. The minimum Gasteiger partial charge on any atom is -0.345 e. The van der Waals surface area contributed by atoms with Gasteiger partial charge in [0.25, 0.3) is 0 Å². The maximum atomic E-state index is 11.3. The lowest BCUT2D eigenvalue weighted by Crippen LogP contribution is -1.93. The van der Waals surface area contributed by atoms with E-state index in [0.717, 1.165) is 0 Å². The number of aliphatic hydroxyl groups is 1. The molecule has 0 heterocycles. The summed E-state index contributed by atoms with van der Waals surface area (Å²) in [6, 6.07) is 6.52. The van der Waals surface area contributed by atoms with Gasteiger partial charge in [0.05, 0.1) is 6.61 Å². The number of rotatable bonds is 4. The van der Waals surface area contributed by atoms with Crippen LogP contribution in [0.1, 0.15) is 18.3 Å². The molecule has 3 nitrogen and oxygen atoms in total. The van der Waals surface area contributed by atoms with Gasteiger partial charge in [0, 0.05) is 10.6 Å². The van der Waals surface area contributed by atoms with Gasteiger partial charge in [-0.3, -0.25) is 0 Å². The third-order valence-electron chi connectivity index (χ3n) is 1.62. The molecule has 0 saturated carbocycles. The molecule has 0 aromatic heterocycles. The molecule has 1 aromatic rings. The predicted molar refractivity (Wildman–Crippen MR) is 55.6 cm³/mol. The van der Waals surface area contributed by atoms with Crippen molar-refractivity contribution in [1.29, 1.82) is 0 Å². The van der Waals surface area contributed by atoms with Gasteiger partial charge in [0.15, 0.2) is 0 Å². The average Bonchev–Trinajstić information content (AvgIpc) is 2.18. The van der Waals surface area contributed by atoms with Crippen LogP contribution >= 0.6 is 19.6 Å². The Balaban J connectivity index is 2.73. The Labute approximate surface area is 88.5 Å². The first-order valence-corrected chi connectivity index (χ1v) is 5.80. The van der Waals surface area contributed by atoms with Crippen molar-refractivity contribution in [2.75, 3.05) is 6.61 Å². The van der Waals surface area contributed by atoms with Gasteiger partial charge in [0.1, 0.15) is 0 Å². The molecule has 1 aromatic carbocycles. The first kappa shape index (κ1) is 11.6. The first-order chi connectivity index (χ1) is 6.65. The van der Waals surface area contributed by atoms with Gasteiger partial charge in [-0.25, -0.2) is 0 Å². The van der Waals surface area contributed by atoms with E-state index >= 15 is 0 Å². The van der Waals surface area contributed by atoms with Gasteiger partial charge in [-0.2, -0.15) is 0 Å². The molecule has 5 heteroatoms. The van der Waals surface area contributed by atoms with E-state index in [4.69, 9.17) is 16.1 Å². The van der Waals surface area contributed by atoms with Crippen LogP contribution in [0.5, 0.6) is 0 Å². The number of hydrogen-bond acceptors (Lipinski definition) is 3. The van der Waals surface area contributed by atoms with Crippen LogP contribution in [0.25, 0.3) is 0 Å². The molecule has 76 valence electrons. The van der Waals surface area contributed by atoms with E-state index in [0.29, 0.717) is 17.2 Å². The monoisotopic (exact) mass is 233 g/mol. The Kier molecular flexibility index (Phi) is 4.49. The molecule has 0 amide bonds. The predicted octanol–water partition coefficient (Wildman–Crippen LogP) is 3.11. The van der Waals surface area contributed by atoms with Gasteiger partial charge in [-0.15, -0.1) is 4.52 Å². The maximum absolute atomic E-state index is 11.3. The summed E-state index contributed by atoms with van der Waals surface area (Å²) in [5.74, 6) is -1.08. The van der Waals surface area contributed by atoms with Crippen LogP contribution in [0, 0.1) is 0 Å².